The third-order valence-corrected chi connectivity index (χ3v) is 3.93. The molecular weight excluding hydrogens is 252 g/mol. The Morgan fingerprint density at radius 3 is 2.85 bits per heavy atom. The molecule has 0 saturated heterocycles. The van der Waals surface area contributed by atoms with Crippen molar-refractivity contribution in [3.05, 3.63) is 69.3 Å². The highest BCUT2D eigenvalue weighted by Crippen LogP contribution is 2.35. The first-order valence-corrected chi connectivity index (χ1v) is 6.72. The number of nitro groups is 1. The lowest BCUT2D eigenvalue weighted by Gasteiger charge is -2.30. The van der Waals surface area contributed by atoms with E-state index in [1.807, 2.05) is 6.92 Å². The Labute approximate surface area is 117 Å². The first-order chi connectivity index (χ1) is 9.65. The van der Waals surface area contributed by atoms with Crippen LogP contribution in [0, 0.1) is 17.0 Å². The number of non-ortho nitro benzene ring substituents is 1. The number of fused-ring (bicyclic) bond motifs is 1. The number of anilines is 1. The molecule has 0 aliphatic heterocycles. The number of hydrogen-bond donors (Lipinski definition) is 1. The lowest BCUT2D eigenvalue weighted by atomic mass is 9.77. The van der Waals surface area contributed by atoms with Crippen LogP contribution in [-0.2, 0) is 6.42 Å². The number of hydrogen-bond acceptors (Lipinski definition) is 3. The van der Waals surface area contributed by atoms with Crippen LogP contribution in [0.3, 0.4) is 0 Å². The molecule has 4 heteroatoms. The first kappa shape index (κ1) is 12.7. The summed E-state index contributed by atoms with van der Waals surface area (Å²) in [7, 11) is 0. The topological polar surface area (TPSA) is 55.2 Å². The van der Waals surface area contributed by atoms with Crippen molar-refractivity contribution in [3.63, 3.8) is 0 Å². The molecule has 1 aliphatic carbocycles. The lowest BCUT2D eigenvalue weighted by Crippen LogP contribution is -2.24. The van der Waals surface area contributed by atoms with Crippen molar-refractivity contribution in [3.8, 4) is 0 Å². The fraction of sp³-hybridized carbons (Fsp3) is 0.250. The Morgan fingerprint density at radius 2 is 2.10 bits per heavy atom. The van der Waals surface area contributed by atoms with E-state index in [0.717, 1.165) is 24.2 Å². The summed E-state index contributed by atoms with van der Waals surface area (Å²) in [6.07, 6.45) is 1.08. The predicted molar refractivity (Wildman–Crippen MR) is 79.2 cm³/mol. The summed E-state index contributed by atoms with van der Waals surface area (Å²) in [5.74, 6) is 0.505. The molecular formula is C16H16N2O2. The quantitative estimate of drug-likeness (QED) is 0.680. The zero-order valence-corrected chi connectivity index (χ0v) is 11.3. The fourth-order valence-electron chi connectivity index (χ4n) is 2.69. The highest BCUT2D eigenvalue weighted by molar-refractivity contribution is 5.57. The van der Waals surface area contributed by atoms with Crippen LogP contribution in [0.4, 0.5) is 11.4 Å². The third-order valence-electron chi connectivity index (χ3n) is 3.93. The van der Waals surface area contributed by atoms with Gasteiger partial charge in [-0.2, -0.15) is 0 Å². The predicted octanol–water partition coefficient (Wildman–Crippen LogP) is 3.66. The monoisotopic (exact) mass is 268 g/mol. The summed E-state index contributed by atoms with van der Waals surface area (Å²) in [6.45, 7) is 2.78. The molecule has 0 spiro atoms. The Hall–Kier alpha value is -2.36. The van der Waals surface area contributed by atoms with E-state index in [2.05, 4.69) is 29.6 Å². The van der Waals surface area contributed by atoms with Crippen molar-refractivity contribution in [2.75, 3.05) is 11.9 Å². The zero-order valence-electron chi connectivity index (χ0n) is 11.3. The Balaban J connectivity index is 1.71. The smallest absolute Gasteiger partial charge is 0.271 e. The molecule has 1 unspecified atom stereocenters. The summed E-state index contributed by atoms with van der Waals surface area (Å²) < 4.78 is 0. The molecule has 0 aromatic heterocycles. The van der Waals surface area contributed by atoms with E-state index in [4.69, 9.17) is 0 Å². The van der Waals surface area contributed by atoms with Crippen LogP contribution in [0.2, 0.25) is 0 Å². The minimum Gasteiger partial charge on any atom is -0.384 e. The maximum atomic E-state index is 10.8. The summed E-state index contributed by atoms with van der Waals surface area (Å²) in [5, 5.41) is 14.2. The Bertz CT molecular complexity index is 667. The van der Waals surface area contributed by atoms with Gasteiger partial charge in [0.25, 0.3) is 5.69 Å². The van der Waals surface area contributed by atoms with Gasteiger partial charge in [0.2, 0.25) is 0 Å². The molecule has 1 N–H and O–H groups in total. The second kappa shape index (κ2) is 4.96. The summed E-state index contributed by atoms with van der Waals surface area (Å²) in [6, 6.07) is 13.4. The molecule has 0 radical (unpaired) electrons. The van der Waals surface area contributed by atoms with Crippen molar-refractivity contribution in [1.82, 2.24) is 0 Å². The minimum atomic E-state index is -0.358. The van der Waals surface area contributed by atoms with Crippen LogP contribution in [0.15, 0.2) is 42.5 Å². The Morgan fingerprint density at radius 1 is 1.30 bits per heavy atom. The Kier molecular flexibility index (Phi) is 3.14. The highest BCUT2D eigenvalue weighted by atomic mass is 16.6. The largest absolute Gasteiger partial charge is 0.384 e. The van der Waals surface area contributed by atoms with Gasteiger partial charge in [0, 0.05) is 30.3 Å². The molecule has 3 rings (SSSR count). The molecule has 0 amide bonds. The van der Waals surface area contributed by atoms with E-state index in [0.29, 0.717) is 5.92 Å². The summed E-state index contributed by atoms with van der Waals surface area (Å²) in [4.78, 5) is 10.5. The molecule has 0 saturated carbocycles. The second-order valence-electron chi connectivity index (χ2n) is 5.24. The number of nitro benzene ring substituents is 1. The molecule has 0 fully saturated rings. The number of benzene rings is 2. The van der Waals surface area contributed by atoms with E-state index < -0.39 is 0 Å². The van der Waals surface area contributed by atoms with Crippen molar-refractivity contribution in [2.24, 2.45) is 0 Å². The number of nitrogens with one attached hydrogen (secondary N) is 1. The van der Waals surface area contributed by atoms with Crippen molar-refractivity contribution in [2.45, 2.75) is 19.3 Å². The summed E-state index contributed by atoms with van der Waals surface area (Å²) in [5.41, 5.74) is 4.82. The first-order valence-electron chi connectivity index (χ1n) is 6.72. The van der Waals surface area contributed by atoms with Gasteiger partial charge < -0.3 is 5.32 Å². The van der Waals surface area contributed by atoms with Gasteiger partial charge in [-0.1, -0.05) is 30.3 Å². The van der Waals surface area contributed by atoms with Gasteiger partial charge in [0.05, 0.1) is 4.92 Å². The maximum Gasteiger partial charge on any atom is 0.271 e. The second-order valence-corrected chi connectivity index (χ2v) is 5.24. The van der Waals surface area contributed by atoms with Crippen LogP contribution in [-0.4, -0.2) is 11.5 Å². The average Bonchev–Trinajstić information content (AvgIpc) is 2.41. The van der Waals surface area contributed by atoms with Gasteiger partial charge in [-0.3, -0.25) is 10.1 Å². The lowest BCUT2D eigenvalue weighted by molar-refractivity contribution is -0.384. The van der Waals surface area contributed by atoms with Gasteiger partial charge in [-0.05, 0) is 30.0 Å². The van der Waals surface area contributed by atoms with Crippen LogP contribution in [0.5, 0.6) is 0 Å². The molecule has 0 heterocycles. The fourth-order valence-corrected chi connectivity index (χ4v) is 2.69. The molecule has 1 atom stereocenters. The van der Waals surface area contributed by atoms with Crippen LogP contribution < -0.4 is 5.32 Å². The summed E-state index contributed by atoms with van der Waals surface area (Å²) >= 11 is 0. The standard InChI is InChI=1S/C16H16N2O2/c1-11-6-7-14(18(19)20)9-16(11)17-10-13-8-12-4-2-3-5-15(12)13/h2-7,9,13,17H,8,10H2,1H3. The zero-order chi connectivity index (χ0) is 14.1. The van der Waals surface area contributed by atoms with E-state index in [1.54, 1.807) is 18.2 Å². The van der Waals surface area contributed by atoms with Crippen LogP contribution in [0.25, 0.3) is 0 Å². The van der Waals surface area contributed by atoms with Gasteiger partial charge >= 0.3 is 0 Å². The maximum absolute atomic E-state index is 10.8. The normalized spacial score (nSPS) is 16.1. The average molecular weight is 268 g/mol. The van der Waals surface area contributed by atoms with Gasteiger partial charge in [-0.15, -0.1) is 0 Å². The molecule has 20 heavy (non-hydrogen) atoms. The molecule has 1 aliphatic rings. The SMILES string of the molecule is Cc1ccc([N+](=O)[O-])cc1NCC1Cc2ccccc21. The molecule has 2 aromatic carbocycles. The van der Waals surface area contributed by atoms with Gasteiger partial charge in [0.1, 0.15) is 0 Å². The van der Waals surface area contributed by atoms with Crippen LogP contribution in [0.1, 0.15) is 22.6 Å². The number of nitrogens with zero attached hydrogens (tertiary/aromatic N) is 1. The van der Waals surface area contributed by atoms with E-state index in [1.165, 1.54) is 11.1 Å². The van der Waals surface area contributed by atoms with Crippen molar-refractivity contribution in [1.29, 1.82) is 0 Å². The van der Waals surface area contributed by atoms with E-state index >= 15 is 0 Å². The van der Waals surface area contributed by atoms with Gasteiger partial charge in [0.15, 0.2) is 0 Å². The molecule has 0 bridgehead atoms. The van der Waals surface area contributed by atoms with E-state index in [9.17, 15) is 10.1 Å². The van der Waals surface area contributed by atoms with Crippen LogP contribution >= 0.6 is 0 Å². The van der Waals surface area contributed by atoms with Gasteiger partial charge in [-0.25, -0.2) is 0 Å². The molecule has 102 valence electrons. The number of rotatable bonds is 4. The third kappa shape index (κ3) is 2.25. The van der Waals surface area contributed by atoms with E-state index in [-0.39, 0.29) is 10.6 Å². The number of aryl methyl sites for hydroxylation is 1. The highest BCUT2D eigenvalue weighted by Gasteiger charge is 2.25. The molecule has 4 nitrogen and oxygen atoms in total. The van der Waals surface area contributed by atoms with Crippen molar-refractivity contribution >= 4 is 11.4 Å². The van der Waals surface area contributed by atoms with Crippen molar-refractivity contribution < 1.29 is 4.92 Å². The molecule has 2 aromatic rings. The minimum absolute atomic E-state index is 0.132.